The van der Waals surface area contributed by atoms with E-state index < -0.39 is 0 Å². The van der Waals surface area contributed by atoms with Crippen molar-refractivity contribution in [3.63, 3.8) is 0 Å². The van der Waals surface area contributed by atoms with Crippen molar-refractivity contribution in [2.24, 2.45) is 0 Å². The average Bonchev–Trinajstić information content (AvgIpc) is 2.60. The van der Waals surface area contributed by atoms with Crippen LogP contribution in [0.5, 0.6) is 11.5 Å². The Hall–Kier alpha value is -2.83. The highest BCUT2D eigenvalue weighted by Gasteiger charge is 2.07. The molecule has 1 heterocycles. The first-order valence-electron chi connectivity index (χ1n) is 7.27. The number of anilines is 1. The van der Waals surface area contributed by atoms with Crippen LogP contribution in [0.2, 0.25) is 0 Å². The van der Waals surface area contributed by atoms with Crippen LogP contribution in [0.1, 0.15) is 23.0 Å². The van der Waals surface area contributed by atoms with E-state index in [-0.39, 0.29) is 11.6 Å². The third-order valence-corrected chi connectivity index (χ3v) is 3.13. The van der Waals surface area contributed by atoms with Crippen LogP contribution >= 0.6 is 0 Å². The van der Waals surface area contributed by atoms with Gasteiger partial charge in [-0.3, -0.25) is 4.79 Å². The quantitative estimate of drug-likeness (QED) is 0.811. The normalized spacial score (nSPS) is 10.0. The van der Waals surface area contributed by atoms with Crippen LogP contribution in [0.3, 0.4) is 0 Å². The van der Waals surface area contributed by atoms with E-state index in [0.717, 1.165) is 5.56 Å². The Morgan fingerprint density at radius 2 is 2.00 bits per heavy atom. The Morgan fingerprint density at radius 1 is 1.17 bits per heavy atom. The summed E-state index contributed by atoms with van der Waals surface area (Å²) in [5, 5.41) is 13.5. The van der Waals surface area contributed by atoms with Gasteiger partial charge in [-0.1, -0.05) is 6.07 Å². The van der Waals surface area contributed by atoms with E-state index in [9.17, 15) is 4.79 Å². The van der Waals surface area contributed by atoms with Gasteiger partial charge in [0.1, 0.15) is 5.82 Å². The van der Waals surface area contributed by atoms with E-state index in [1.165, 1.54) is 0 Å². The molecule has 0 saturated heterocycles. The molecule has 0 atom stereocenters. The second-order valence-electron chi connectivity index (χ2n) is 4.65. The number of nitrogens with zero attached hydrogens (tertiary/aromatic N) is 2. The number of amides is 1. The summed E-state index contributed by atoms with van der Waals surface area (Å²) in [4.78, 5) is 11.4. The summed E-state index contributed by atoms with van der Waals surface area (Å²) in [5.41, 5.74) is 1.30. The molecule has 0 unspecified atom stereocenters. The second-order valence-corrected chi connectivity index (χ2v) is 4.65. The minimum absolute atomic E-state index is 0.263. The molecular formula is C16H20N4O3. The molecule has 0 aliphatic heterocycles. The Kier molecular flexibility index (Phi) is 5.74. The zero-order valence-corrected chi connectivity index (χ0v) is 13.4. The molecule has 0 bridgehead atoms. The molecule has 7 heteroatoms. The van der Waals surface area contributed by atoms with Crippen LogP contribution in [0, 0.1) is 0 Å². The van der Waals surface area contributed by atoms with E-state index in [1.807, 2.05) is 25.1 Å². The lowest BCUT2D eigenvalue weighted by molar-refractivity contribution is 0.0957. The first kappa shape index (κ1) is 16.5. The number of carbonyl (C=O) groups excluding carboxylic acids is 1. The molecule has 2 rings (SSSR count). The number of hydrogen-bond acceptors (Lipinski definition) is 6. The highest BCUT2D eigenvalue weighted by atomic mass is 16.5. The predicted molar refractivity (Wildman–Crippen MR) is 86.9 cm³/mol. The first-order valence-corrected chi connectivity index (χ1v) is 7.27. The van der Waals surface area contributed by atoms with E-state index in [2.05, 4.69) is 20.8 Å². The van der Waals surface area contributed by atoms with Gasteiger partial charge >= 0.3 is 0 Å². The highest BCUT2D eigenvalue weighted by molar-refractivity contribution is 5.91. The van der Waals surface area contributed by atoms with Crippen molar-refractivity contribution in [2.75, 3.05) is 26.1 Å². The zero-order valence-electron chi connectivity index (χ0n) is 13.4. The molecule has 0 saturated carbocycles. The van der Waals surface area contributed by atoms with Crippen molar-refractivity contribution in [3.8, 4) is 11.5 Å². The van der Waals surface area contributed by atoms with Crippen LogP contribution in [-0.4, -0.2) is 36.9 Å². The lowest BCUT2D eigenvalue weighted by Crippen LogP contribution is -2.19. The van der Waals surface area contributed by atoms with Crippen molar-refractivity contribution >= 4 is 11.7 Å². The summed E-state index contributed by atoms with van der Waals surface area (Å²) in [6, 6.07) is 9.06. The standard InChI is InChI=1S/C16H20N4O3/c1-4-23-14-9-11(5-7-13(14)22-3)10-18-15-8-6-12(19-20-15)16(21)17-2/h5-9H,4,10H2,1-3H3,(H,17,21)(H,18,20). The molecule has 2 N–H and O–H groups in total. The summed E-state index contributed by atoms with van der Waals surface area (Å²) >= 11 is 0. The minimum Gasteiger partial charge on any atom is -0.493 e. The smallest absolute Gasteiger partial charge is 0.271 e. The van der Waals surface area contributed by atoms with E-state index in [0.29, 0.717) is 30.5 Å². The van der Waals surface area contributed by atoms with Crippen LogP contribution in [-0.2, 0) is 6.54 Å². The van der Waals surface area contributed by atoms with Gasteiger partial charge in [0, 0.05) is 13.6 Å². The molecule has 23 heavy (non-hydrogen) atoms. The molecule has 1 aromatic carbocycles. The maximum absolute atomic E-state index is 11.4. The first-order chi connectivity index (χ1) is 11.2. The SMILES string of the molecule is CCOc1cc(CNc2ccc(C(=O)NC)nn2)ccc1OC. The number of methoxy groups -OCH3 is 1. The summed E-state index contributed by atoms with van der Waals surface area (Å²) in [5.74, 6) is 1.73. The monoisotopic (exact) mass is 316 g/mol. The topological polar surface area (TPSA) is 85.4 Å². The zero-order chi connectivity index (χ0) is 16.7. The van der Waals surface area contributed by atoms with Crippen LogP contribution < -0.4 is 20.1 Å². The Bertz CT molecular complexity index is 659. The van der Waals surface area contributed by atoms with Crippen molar-refractivity contribution in [3.05, 3.63) is 41.6 Å². The van der Waals surface area contributed by atoms with Gasteiger partial charge in [0.25, 0.3) is 5.91 Å². The number of hydrogen-bond donors (Lipinski definition) is 2. The van der Waals surface area contributed by atoms with Crippen molar-refractivity contribution in [2.45, 2.75) is 13.5 Å². The molecule has 0 aliphatic rings. The Balaban J connectivity index is 2.02. The molecule has 0 fully saturated rings. The number of ether oxygens (including phenoxy) is 2. The fraction of sp³-hybridized carbons (Fsp3) is 0.312. The number of benzene rings is 1. The summed E-state index contributed by atoms with van der Waals surface area (Å²) in [6.45, 7) is 3.05. The van der Waals surface area contributed by atoms with Crippen LogP contribution in [0.15, 0.2) is 30.3 Å². The van der Waals surface area contributed by atoms with Crippen molar-refractivity contribution in [1.82, 2.24) is 15.5 Å². The molecular weight excluding hydrogens is 296 g/mol. The van der Waals surface area contributed by atoms with Gasteiger partial charge in [-0.25, -0.2) is 0 Å². The number of rotatable bonds is 7. The average molecular weight is 316 g/mol. The van der Waals surface area contributed by atoms with Gasteiger partial charge < -0.3 is 20.1 Å². The van der Waals surface area contributed by atoms with Gasteiger partial charge in [-0.15, -0.1) is 10.2 Å². The third kappa shape index (κ3) is 4.32. The van der Waals surface area contributed by atoms with Crippen molar-refractivity contribution in [1.29, 1.82) is 0 Å². The number of aromatic nitrogens is 2. The largest absolute Gasteiger partial charge is 0.493 e. The van der Waals surface area contributed by atoms with Gasteiger partial charge in [-0.05, 0) is 36.8 Å². The molecule has 7 nitrogen and oxygen atoms in total. The third-order valence-electron chi connectivity index (χ3n) is 3.13. The lowest BCUT2D eigenvalue weighted by atomic mass is 10.2. The molecule has 0 radical (unpaired) electrons. The Morgan fingerprint density at radius 3 is 2.61 bits per heavy atom. The maximum atomic E-state index is 11.4. The maximum Gasteiger partial charge on any atom is 0.271 e. The van der Waals surface area contributed by atoms with Crippen molar-refractivity contribution < 1.29 is 14.3 Å². The van der Waals surface area contributed by atoms with Gasteiger partial charge in [-0.2, -0.15) is 0 Å². The molecule has 122 valence electrons. The van der Waals surface area contributed by atoms with Crippen LogP contribution in [0.25, 0.3) is 0 Å². The second kappa shape index (κ2) is 7.98. The lowest BCUT2D eigenvalue weighted by Gasteiger charge is -2.11. The summed E-state index contributed by atoms with van der Waals surface area (Å²) in [7, 11) is 3.16. The molecule has 0 spiro atoms. The van der Waals surface area contributed by atoms with E-state index in [1.54, 1.807) is 26.3 Å². The molecule has 2 aromatic rings. The van der Waals surface area contributed by atoms with E-state index >= 15 is 0 Å². The fourth-order valence-corrected chi connectivity index (χ4v) is 1.97. The van der Waals surface area contributed by atoms with Gasteiger partial charge in [0.05, 0.1) is 13.7 Å². The Labute approximate surface area is 135 Å². The van der Waals surface area contributed by atoms with Gasteiger partial charge in [0.15, 0.2) is 17.2 Å². The fourth-order valence-electron chi connectivity index (χ4n) is 1.97. The summed E-state index contributed by atoms with van der Waals surface area (Å²) in [6.07, 6.45) is 0. The minimum atomic E-state index is -0.263. The summed E-state index contributed by atoms with van der Waals surface area (Å²) < 4.78 is 10.8. The van der Waals surface area contributed by atoms with Crippen LogP contribution in [0.4, 0.5) is 5.82 Å². The number of nitrogens with one attached hydrogen (secondary N) is 2. The van der Waals surface area contributed by atoms with E-state index in [4.69, 9.17) is 9.47 Å². The highest BCUT2D eigenvalue weighted by Crippen LogP contribution is 2.28. The van der Waals surface area contributed by atoms with Gasteiger partial charge in [0.2, 0.25) is 0 Å². The predicted octanol–water partition coefficient (Wildman–Crippen LogP) is 1.86. The molecule has 1 aromatic heterocycles. The number of carbonyl (C=O) groups is 1. The molecule has 1 amide bonds. The molecule has 0 aliphatic carbocycles.